The lowest BCUT2D eigenvalue weighted by molar-refractivity contribution is -0.139. The van der Waals surface area contributed by atoms with E-state index in [2.05, 4.69) is 22.0 Å². The third kappa shape index (κ3) is 7.65. The van der Waals surface area contributed by atoms with E-state index in [0.29, 0.717) is 24.5 Å². The Labute approximate surface area is 292 Å². The first-order chi connectivity index (χ1) is 23.7. The quantitative estimate of drug-likeness (QED) is 0.237. The van der Waals surface area contributed by atoms with Gasteiger partial charge in [0, 0.05) is 62.8 Å². The summed E-state index contributed by atoms with van der Waals surface area (Å²) < 4.78 is 59.4. The highest BCUT2D eigenvalue weighted by Gasteiger charge is 2.35. The zero-order valence-corrected chi connectivity index (χ0v) is 29.4. The topological polar surface area (TPSA) is 98.5 Å². The zero-order chi connectivity index (χ0) is 35.8. The Bertz CT molecular complexity index is 1830. The molecule has 3 aromatic rings. The number of aliphatic imine (C=N–C) groups is 1. The van der Waals surface area contributed by atoms with Gasteiger partial charge in [-0.15, -0.1) is 11.3 Å². The van der Waals surface area contributed by atoms with Gasteiger partial charge in [0.25, 0.3) is 0 Å². The summed E-state index contributed by atoms with van der Waals surface area (Å²) in [5.41, 5.74) is 1.47. The lowest BCUT2D eigenvalue weighted by atomic mass is 9.88. The number of ether oxygens (including phenoxy) is 3. The van der Waals surface area contributed by atoms with Gasteiger partial charge in [0.2, 0.25) is 0 Å². The van der Waals surface area contributed by atoms with Crippen LogP contribution in [0.15, 0.2) is 59.4 Å². The van der Waals surface area contributed by atoms with Crippen molar-refractivity contribution in [3.8, 4) is 10.8 Å². The summed E-state index contributed by atoms with van der Waals surface area (Å²) in [5, 5.41) is 0.613. The molecule has 10 nitrogen and oxygen atoms in total. The summed E-state index contributed by atoms with van der Waals surface area (Å²) in [4.78, 5) is 38.9. The molecule has 6 rings (SSSR count). The Kier molecular flexibility index (Phi) is 9.95. The highest BCUT2D eigenvalue weighted by atomic mass is 32.1. The predicted molar refractivity (Wildman–Crippen MR) is 184 cm³/mol. The van der Waals surface area contributed by atoms with E-state index in [9.17, 15) is 22.8 Å². The van der Waals surface area contributed by atoms with Gasteiger partial charge in [-0.2, -0.15) is 13.2 Å². The van der Waals surface area contributed by atoms with E-state index in [1.54, 1.807) is 17.3 Å². The first kappa shape index (κ1) is 35.4. The van der Waals surface area contributed by atoms with Gasteiger partial charge in [-0.1, -0.05) is 30.4 Å². The van der Waals surface area contributed by atoms with Crippen molar-refractivity contribution in [3.63, 3.8) is 0 Å². The summed E-state index contributed by atoms with van der Waals surface area (Å²) in [5.74, 6) is -0.434. The van der Waals surface area contributed by atoms with Crippen molar-refractivity contribution < 1.29 is 37.0 Å². The predicted octanol–water partition coefficient (Wildman–Crippen LogP) is 7.34. The Morgan fingerprint density at radius 2 is 1.82 bits per heavy atom. The first-order valence-corrected chi connectivity index (χ1v) is 17.3. The van der Waals surface area contributed by atoms with Crippen LogP contribution in [0.2, 0.25) is 0 Å². The van der Waals surface area contributed by atoms with E-state index in [1.807, 2.05) is 37.6 Å². The van der Waals surface area contributed by atoms with E-state index in [0.717, 1.165) is 53.9 Å². The number of benzene rings is 1. The second-order valence-corrected chi connectivity index (χ2v) is 14.5. The molecule has 1 saturated heterocycles. The minimum atomic E-state index is -4.55. The van der Waals surface area contributed by atoms with Gasteiger partial charge in [0.1, 0.15) is 34.9 Å². The number of fused-ring (bicyclic) bond motifs is 1. The summed E-state index contributed by atoms with van der Waals surface area (Å²) >= 11 is 1.12. The molecule has 1 aromatic carbocycles. The van der Waals surface area contributed by atoms with Crippen LogP contribution in [-0.4, -0.2) is 82.7 Å². The number of amides is 1. The smallest absolute Gasteiger partial charge is 0.416 e. The average molecular weight is 712 g/mol. The van der Waals surface area contributed by atoms with Crippen LogP contribution in [0.25, 0.3) is 11.1 Å². The van der Waals surface area contributed by atoms with Crippen LogP contribution in [-0.2, 0) is 22.1 Å². The average Bonchev–Trinajstić information content (AvgIpc) is 3.70. The van der Waals surface area contributed by atoms with Gasteiger partial charge >= 0.3 is 18.2 Å². The number of allylic oxidation sites excluding steroid dienone is 2. The number of carbonyl (C=O) groups excluding carboxylic acids is 2. The molecule has 0 spiro atoms. The number of nitrogens with zero attached hydrogens (tertiary/aromatic N) is 5. The monoisotopic (exact) mass is 711 g/mol. The molecule has 266 valence electrons. The van der Waals surface area contributed by atoms with Crippen LogP contribution in [0.1, 0.15) is 72.4 Å². The molecule has 50 heavy (non-hydrogen) atoms. The van der Waals surface area contributed by atoms with E-state index in [1.165, 1.54) is 32.2 Å². The molecule has 0 radical (unpaired) electrons. The fourth-order valence-corrected chi connectivity index (χ4v) is 7.32. The van der Waals surface area contributed by atoms with Crippen LogP contribution < -0.4 is 4.74 Å². The molecule has 0 bridgehead atoms. The number of alkyl halides is 3. The molecule has 3 aliphatic rings. The van der Waals surface area contributed by atoms with Gasteiger partial charge in [-0.05, 0) is 45.4 Å². The number of hydrogen-bond acceptors (Lipinski definition) is 9. The molecule has 2 aliphatic heterocycles. The summed E-state index contributed by atoms with van der Waals surface area (Å²) in [6.45, 7) is 9.75. The fourth-order valence-electron chi connectivity index (χ4n) is 6.33. The molecular formula is C36H40F3N5O5S. The maximum absolute atomic E-state index is 13.7. The van der Waals surface area contributed by atoms with Crippen LogP contribution in [0, 0.1) is 5.92 Å². The Morgan fingerprint density at radius 1 is 1.08 bits per heavy atom. The minimum absolute atomic E-state index is 0.0192. The molecule has 2 aromatic heterocycles. The van der Waals surface area contributed by atoms with Crippen molar-refractivity contribution in [2.75, 3.05) is 33.3 Å². The second kappa shape index (κ2) is 14.1. The second-order valence-electron chi connectivity index (χ2n) is 13.4. The molecule has 0 N–H and O–H groups in total. The van der Waals surface area contributed by atoms with Crippen molar-refractivity contribution in [1.82, 2.24) is 19.4 Å². The van der Waals surface area contributed by atoms with Crippen LogP contribution in [0.5, 0.6) is 5.75 Å². The van der Waals surface area contributed by atoms with E-state index in [4.69, 9.17) is 19.2 Å². The third-order valence-electron chi connectivity index (χ3n) is 8.86. The first-order valence-electron chi connectivity index (χ1n) is 16.5. The van der Waals surface area contributed by atoms with E-state index in [-0.39, 0.29) is 34.4 Å². The molecule has 2 unspecified atom stereocenters. The highest BCUT2D eigenvalue weighted by molar-refractivity contribution is 7.16. The summed E-state index contributed by atoms with van der Waals surface area (Å²) in [6, 6.07) is 6.86. The van der Waals surface area contributed by atoms with Crippen molar-refractivity contribution in [2.45, 2.75) is 64.6 Å². The molecular weight excluding hydrogens is 671 g/mol. The number of methoxy groups -OCH3 is 1. The number of piperazine rings is 1. The lowest BCUT2D eigenvalue weighted by Gasteiger charge is -2.38. The zero-order valence-electron chi connectivity index (χ0n) is 28.6. The molecule has 1 aliphatic carbocycles. The minimum Gasteiger partial charge on any atom is -0.484 e. The molecule has 1 fully saturated rings. The number of esters is 1. The molecule has 3 atom stereocenters. The maximum atomic E-state index is 13.7. The number of hydrogen-bond donors (Lipinski definition) is 0. The number of thiophene rings is 1. The van der Waals surface area contributed by atoms with Gasteiger partial charge in [0.15, 0.2) is 4.88 Å². The normalized spacial score (nSPS) is 20.2. The standard InChI is InChI=1S/C36H40F3N5O5S/c1-22(25-8-6-7-9-26(25)36(37,38)39)48-29-19-31(50-32(29)33(45)47-5)44-21-41-27-18-23(10-12-28(27)44)24-11-13-30(40-20-24)42-14-16-43(17-15-42)34(46)49-35(2,3)4/h6-12,19-23,30H,13-18H2,1-5H3/t22-,23?,30?/m1/s1. The fraction of sp³-hybridized carbons (Fsp3) is 0.444. The number of aromatic nitrogens is 2. The van der Waals surface area contributed by atoms with Crippen molar-refractivity contribution in [3.05, 3.63) is 81.8 Å². The lowest BCUT2D eigenvalue weighted by Crippen LogP contribution is -2.52. The maximum Gasteiger partial charge on any atom is 0.416 e. The van der Waals surface area contributed by atoms with Gasteiger partial charge in [-0.3, -0.25) is 14.5 Å². The van der Waals surface area contributed by atoms with Crippen molar-refractivity contribution in [2.24, 2.45) is 10.9 Å². The number of rotatable bonds is 7. The summed E-state index contributed by atoms with van der Waals surface area (Å²) in [6.07, 6.45) is 5.54. The highest BCUT2D eigenvalue weighted by Crippen LogP contribution is 2.40. The Hall–Kier alpha value is -4.43. The van der Waals surface area contributed by atoms with Crippen LogP contribution in [0.3, 0.4) is 0 Å². The van der Waals surface area contributed by atoms with Gasteiger partial charge in [0.05, 0.1) is 24.1 Å². The Morgan fingerprint density at radius 3 is 2.48 bits per heavy atom. The van der Waals surface area contributed by atoms with Crippen molar-refractivity contribution in [1.29, 1.82) is 0 Å². The number of halogens is 3. The molecule has 14 heteroatoms. The molecule has 1 amide bonds. The number of carbonyl (C=O) groups is 2. The third-order valence-corrected chi connectivity index (χ3v) is 9.96. The molecule has 0 saturated carbocycles. The van der Waals surface area contributed by atoms with Gasteiger partial charge in [-0.25, -0.2) is 14.6 Å². The number of imidazole rings is 1. The van der Waals surface area contributed by atoms with E-state index < -0.39 is 29.4 Å². The summed E-state index contributed by atoms with van der Waals surface area (Å²) in [7, 11) is 1.24. The van der Waals surface area contributed by atoms with E-state index >= 15 is 0 Å². The largest absolute Gasteiger partial charge is 0.484 e. The van der Waals surface area contributed by atoms with Gasteiger partial charge < -0.3 is 19.1 Å². The SMILES string of the molecule is COC(=O)c1sc(-n2cnc3c2C=CC(C2=CCC(N4CCN(C(=O)OC(C)(C)C)CC4)N=C2)C3)cc1O[C@H](C)c1ccccc1C(F)(F)F. The Balaban J connectivity index is 1.12. The van der Waals surface area contributed by atoms with Crippen LogP contribution in [0.4, 0.5) is 18.0 Å². The number of dihydropyridines is 1. The van der Waals surface area contributed by atoms with Crippen LogP contribution >= 0.6 is 11.3 Å². The van der Waals surface area contributed by atoms with Crippen molar-refractivity contribution >= 4 is 35.7 Å². The molecule has 4 heterocycles.